The first kappa shape index (κ1) is 14.4. The zero-order valence-electron chi connectivity index (χ0n) is 11.7. The van der Waals surface area contributed by atoms with E-state index < -0.39 is 0 Å². The van der Waals surface area contributed by atoms with Crippen LogP contribution in [0.25, 0.3) is 0 Å². The van der Waals surface area contributed by atoms with Crippen molar-refractivity contribution >= 4 is 17.2 Å². The lowest BCUT2D eigenvalue weighted by Crippen LogP contribution is -2.26. The summed E-state index contributed by atoms with van der Waals surface area (Å²) in [7, 11) is 3.12. The molecule has 4 nitrogen and oxygen atoms in total. The average Bonchev–Trinajstić information content (AvgIpc) is 3.00. The first-order chi connectivity index (χ1) is 9.63. The first-order valence-electron chi connectivity index (χ1n) is 6.21. The van der Waals surface area contributed by atoms with E-state index >= 15 is 0 Å². The predicted octanol–water partition coefficient (Wildman–Crippen LogP) is 3.26. The highest BCUT2D eigenvalue weighted by molar-refractivity contribution is 7.10. The Kier molecular flexibility index (Phi) is 4.63. The molecule has 2 rings (SSSR count). The molecule has 0 bridgehead atoms. The summed E-state index contributed by atoms with van der Waals surface area (Å²) < 4.78 is 10.3. The molecule has 0 fully saturated rings. The van der Waals surface area contributed by atoms with Crippen LogP contribution in [0.4, 0.5) is 0 Å². The summed E-state index contributed by atoms with van der Waals surface area (Å²) in [5.41, 5.74) is 0.518. The van der Waals surface area contributed by atoms with Crippen molar-refractivity contribution in [3.8, 4) is 11.5 Å². The largest absolute Gasteiger partial charge is 0.497 e. The van der Waals surface area contributed by atoms with Gasteiger partial charge in [-0.3, -0.25) is 4.79 Å². The van der Waals surface area contributed by atoms with E-state index in [1.165, 1.54) is 0 Å². The van der Waals surface area contributed by atoms with Crippen LogP contribution in [0.15, 0.2) is 35.7 Å². The van der Waals surface area contributed by atoms with E-state index in [0.717, 1.165) is 4.88 Å². The molecule has 20 heavy (non-hydrogen) atoms. The Labute approximate surface area is 122 Å². The summed E-state index contributed by atoms with van der Waals surface area (Å²) >= 11 is 1.62. The summed E-state index contributed by atoms with van der Waals surface area (Å²) in [6.07, 6.45) is 0. The monoisotopic (exact) mass is 291 g/mol. The van der Waals surface area contributed by atoms with Crippen molar-refractivity contribution in [2.75, 3.05) is 14.2 Å². The maximum Gasteiger partial charge on any atom is 0.252 e. The summed E-state index contributed by atoms with van der Waals surface area (Å²) in [6, 6.07) is 9.07. The Hall–Kier alpha value is -2.01. The maximum absolute atomic E-state index is 12.3. The van der Waals surface area contributed by atoms with E-state index in [0.29, 0.717) is 17.1 Å². The summed E-state index contributed by atoms with van der Waals surface area (Å²) in [5.74, 6) is 1.04. The maximum atomic E-state index is 12.3. The van der Waals surface area contributed by atoms with Gasteiger partial charge in [0.1, 0.15) is 11.5 Å². The van der Waals surface area contributed by atoms with Crippen LogP contribution in [0.5, 0.6) is 11.5 Å². The topological polar surface area (TPSA) is 47.6 Å². The zero-order valence-corrected chi connectivity index (χ0v) is 12.5. The number of rotatable bonds is 5. The summed E-state index contributed by atoms with van der Waals surface area (Å²) in [4.78, 5) is 13.4. The van der Waals surface area contributed by atoms with Crippen LogP contribution in [0.2, 0.25) is 0 Å². The highest BCUT2D eigenvalue weighted by Gasteiger charge is 2.14. The molecule has 0 radical (unpaired) electrons. The van der Waals surface area contributed by atoms with Gasteiger partial charge in [0.25, 0.3) is 5.91 Å². The molecule has 1 N–H and O–H groups in total. The normalized spacial score (nSPS) is 11.8. The van der Waals surface area contributed by atoms with Gasteiger partial charge in [0, 0.05) is 16.5 Å². The molecule has 0 spiro atoms. The second-order valence-corrected chi connectivity index (χ2v) is 5.29. The molecule has 1 atom stereocenters. The molecule has 0 aliphatic rings. The predicted molar refractivity (Wildman–Crippen MR) is 79.7 cm³/mol. The number of thiophene rings is 1. The van der Waals surface area contributed by atoms with E-state index in [1.54, 1.807) is 43.8 Å². The van der Waals surface area contributed by atoms with Crippen molar-refractivity contribution in [2.24, 2.45) is 0 Å². The van der Waals surface area contributed by atoms with Crippen molar-refractivity contribution in [2.45, 2.75) is 13.0 Å². The van der Waals surface area contributed by atoms with Gasteiger partial charge in [0.05, 0.1) is 20.3 Å². The molecule has 106 valence electrons. The molecular weight excluding hydrogens is 274 g/mol. The lowest BCUT2D eigenvalue weighted by atomic mass is 10.1. The summed E-state index contributed by atoms with van der Waals surface area (Å²) in [5, 5.41) is 4.95. The number of carbonyl (C=O) groups excluding carboxylic acids is 1. The number of carbonyl (C=O) groups is 1. The molecule has 2 aromatic rings. The Morgan fingerprint density at radius 1 is 1.20 bits per heavy atom. The van der Waals surface area contributed by atoms with E-state index in [4.69, 9.17) is 9.47 Å². The average molecular weight is 291 g/mol. The van der Waals surface area contributed by atoms with Crippen LogP contribution in [-0.2, 0) is 0 Å². The van der Waals surface area contributed by atoms with Crippen molar-refractivity contribution < 1.29 is 14.3 Å². The van der Waals surface area contributed by atoms with E-state index in [2.05, 4.69) is 5.32 Å². The second-order valence-electron chi connectivity index (χ2n) is 4.31. The second kappa shape index (κ2) is 6.43. The van der Waals surface area contributed by atoms with Crippen LogP contribution in [0.1, 0.15) is 28.2 Å². The lowest BCUT2D eigenvalue weighted by Gasteiger charge is -2.13. The molecule has 1 aromatic carbocycles. The van der Waals surface area contributed by atoms with E-state index in [9.17, 15) is 4.79 Å². The molecule has 0 unspecified atom stereocenters. The number of methoxy groups -OCH3 is 2. The fraction of sp³-hybridized carbons (Fsp3) is 0.267. The number of nitrogens with one attached hydrogen (secondary N) is 1. The van der Waals surface area contributed by atoms with Gasteiger partial charge in [-0.05, 0) is 30.5 Å². The molecule has 5 heteroatoms. The number of benzene rings is 1. The Balaban J connectivity index is 2.16. The minimum Gasteiger partial charge on any atom is -0.497 e. The van der Waals surface area contributed by atoms with Gasteiger partial charge in [0.15, 0.2) is 0 Å². The molecule has 1 amide bonds. The van der Waals surface area contributed by atoms with E-state index in [1.807, 2.05) is 24.4 Å². The molecule has 0 aliphatic carbocycles. The number of hydrogen-bond donors (Lipinski definition) is 1. The van der Waals surface area contributed by atoms with Gasteiger partial charge < -0.3 is 14.8 Å². The van der Waals surface area contributed by atoms with Crippen LogP contribution in [0, 0.1) is 0 Å². The zero-order chi connectivity index (χ0) is 14.5. The molecule has 0 saturated carbocycles. The minimum atomic E-state index is -0.150. The fourth-order valence-corrected chi connectivity index (χ4v) is 2.56. The van der Waals surface area contributed by atoms with Crippen molar-refractivity contribution in [1.82, 2.24) is 5.32 Å². The number of ether oxygens (including phenoxy) is 2. The highest BCUT2D eigenvalue weighted by atomic mass is 32.1. The molecule has 0 saturated heterocycles. The van der Waals surface area contributed by atoms with Crippen molar-refractivity contribution in [1.29, 1.82) is 0 Å². The third kappa shape index (κ3) is 3.30. The van der Waals surface area contributed by atoms with Gasteiger partial charge in [-0.25, -0.2) is 0 Å². The summed E-state index contributed by atoms with van der Waals surface area (Å²) in [6.45, 7) is 1.96. The quantitative estimate of drug-likeness (QED) is 0.920. The SMILES string of the molecule is COc1cc(OC)cc(C(=O)N[C@@H](C)c2cccs2)c1. The van der Waals surface area contributed by atoms with Crippen molar-refractivity contribution in [3.05, 3.63) is 46.2 Å². The van der Waals surface area contributed by atoms with Gasteiger partial charge >= 0.3 is 0 Å². The van der Waals surface area contributed by atoms with Crippen LogP contribution in [-0.4, -0.2) is 20.1 Å². The number of amides is 1. The fourth-order valence-electron chi connectivity index (χ4n) is 1.83. The standard InChI is InChI=1S/C15H17NO3S/c1-10(14-5-4-6-20-14)16-15(17)11-7-12(18-2)9-13(8-11)19-3/h4-10H,1-3H3,(H,16,17)/t10-/m0/s1. The minimum absolute atomic E-state index is 0.0281. The lowest BCUT2D eigenvalue weighted by molar-refractivity contribution is 0.0940. The smallest absolute Gasteiger partial charge is 0.252 e. The number of hydrogen-bond acceptors (Lipinski definition) is 4. The van der Waals surface area contributed by atoms with E-state index in [-0.39, 0.29) is 11.9 Å². The first-order valence-corrected chi connectivity index (χ1v) is 7.09. The highest BCUT2D eigenvalue weighted by Crippen LogP contribution is 2.24. The van der Waals surface area contributed by atoms with Gasteiger partial charge in [-0.1, -0.05) is 6.07 Å². The van der Waals surface area contributed by atoms with Crippen LogP contribution < -0.4 is 14.8 Å². The van der Waals surface area contributed by atoms with Crippen molar-refractivity contribution in [3.63, 3.8) is 0 Å². The third-order valence-corrected chi connectivity index (χ3v) is 3.99. The molecular formula is C15H17NO3S. The van der Waals surface area contributed by atoms with Gasteiger partial charge in [0.2, 0.25) is 0 Å². The Bertz CT molecular complexity index is 559. The Morgan fingerprint density at radius 3 is 2.35 bits per heavy atom. The molecule has 1 aromatic heterocycles. The van der Waals surface area contributed by atoms with Gasteiger partial charge in [-0.2, -0.15) is 0 Å². The third-order valence-electron chi connectivity index (χ3n) is 2.93. The molecule has 1 heterocycles. The van der Waals surface area contributed by atoms with Crippen LogP contribution >= 0.6 is 11.3 Å². The Morgan fingerprint density at radius 2 is 1.85 bits per heavy atom. The van der Waals surface area contributed by atoms with Gasteiger partial charge in [-0.15, -0.1) is 11.3 Å². The van der Waals surface area contributed by atoms with Crippen LogP contribution in [0.3, 0.4) is 0 Å². The molecule has 0 aliphatic heterocycles.